The van der Waals surface area contributed by atoms with Crippen molar-refractivity contribution in [1.82, 2.24) is 0 Å². The van der Waals surface area contributed by atoms with Crippen LogP contribution in [0.25, 0.3) is 5.57 Å². The Morgan fingerprint density at radius 3 is 2.23 bits per heavy atom. The minimum atomic E-state index is -1.53. The molecule has 1 aliphatic carbocycles. The first-order chi connectivity index (χ1) is 10.5. The number of carbonyl (C=O) groups excluding carboxylic acids is 1. The second-order valence-corrected chi connectivity index (χ2v) is 4.80. The quantitative estimate of drug-likeness (QED) is 0.796. The van der Waals surface area contributed by atoms with Gasteiger partial charge in [-0.25, -0.2) is 4.79 Å². The lowest BCUT2D eigenvalue weighted by Gasteiger charge is -2.37. The third kappa shape index (κ3) is 2.54. The van der Waals surface area contributed by atoms with Gasteiger partial charge in [-0.3, -0.25) is 4.79 Å². The first kappa shape index (κ1) is 15.9. The molecule has 1 atom stereocenters. The van der Waals surface area contributed by atoms with E-state index in [0.29, 0.717) is 11.1 Å². The van der Waals surface area contributed by atoms with Gasteiger partial charge in [-0.05, 0) is 17.2 Å². The van der Waals surface area contributed by atoms with Crippen molar-refractivity contribution in [2.24, 2.45) is 11.7 Å². The Labute approximate surface area is 127 Å². The van der Waals surface area contributed by atoms with Crippen LogP contribution >= 0.6 is 0 Å². The van der Waals surface area contributed by atoms with Crippen molar-refractivity contribution in [3.05, 3.63) is 53.6 Å². The van der Waals surface area contributed by atoms with Gasteiger partial charge in [0.05, 0.1) is 5.57 Å². The lowest BCUT2D eigenvalue weighted by molar-refractivity contribution is -0.199. The zero-order chi connectivity index (χ0) is 16.3. The molecule has 0 heterocycles. The Morgan fingerprint density at radius 2 is 1.77 bits per heavy atom. The molecule has 22 heavy (non-hydrogen) atoms. The summed E-state index contributed by atoms with van der Waals surface area (Å²) in [6, 6.07) is 8.89. The molecule has 2 rings (SSSR count). The summed E-state index contributed by atoms with van der Waals surface area (Å²) in [5.41, 5.74) is 6.36. The van der Waals surface area contributed by atoms with Crippen LogP contribution in [-0.4, -0.2) is 37.0 Å². The van der Waals surface area contributed by atoms with Gasteiger partial charge in [0, 0.05) is 14.2 Å². The largest absolute Gasteiger partial charge is 0.478 e. The molecule has 6 nitrogen and oxygen atoms in total. The molecule has 6 heteroatoms. The standard InChI is InChI=1S/C16H17NO5/c1-21-16(22-2)9-8-11(10-6-4-3-5-7-10)12(15(19)20)13(16)14(17)18/h3-9,13H,1-2H3,(H2,17,18)(H,19,20). The second-order valence-electron chi connectivity index (χ2n) is 4.80. The summed E-state index contributed by atoms with van der Waals surface area (Å²) in [6.45, 7) is 0. The van der Waals surface area contributed by atoms with Gasteiger partial charge in [0.15, 0.2) is 0 Å². The maximum absolute atomic E-state index is 11.9. The topological polar surface area (TPSA) is 98.8 Å². The van der Waals surface area contributed by atoms with Gasteiger partial charge >= 0.3 is 5.97 Å². The fraction of sp³-hybridized carbons (Fsp3) is 0.250. The number of hydrogen-bond acceptors (Lipinski definition) is 4. The average Bonchev–Trinajstić information content (AvgIpc) is 2.53. The second kappa shape index (κ2) is 6.13. The molecular formula is C16H17NO5. The summed E-state index contributed by atoms with van der Waals surface area (Å²) in [6.07, 6.45) is 3.09. The first-order valence-electron chi connectivity index (χ1n) is 6.58. The van der Waals surface area contributed by atoms with Crippen molar-refractivity contribution < 1.29 is 24.2 Å². The number of primary amides is 1. The fourth-order valence-electron chi connectivity index (χ4n) is 2.65. The van der Waals surface area contributed by atoms with Crippen LogP contribution in [0.4, 0.5) is 0 Å². The van der Waals surface area contributed by atoms with E-state index in [-0.39, 0.29) is 5.57 Å². The number of methoxy groups -OCH3 is 2. The zero-order valence-electron chi connectivity index (χ0n) is 12.3. The Kier molecular flexibility index (Phi) is 4.44. The molecule has 1 aromatic rings. The Bertz CT molecular complexity index is 644. The van der Waals surface area contributed by atoms with Gasteiger partial charge in [-0.15, -0.1) is 0 Å². The van der Waals surface area contributed by atoms with E-state index in [2.05, 4.69) is 0 Å². The lowest BCUT2D eigenvalue weighted by Crippen LogP contribution is -2.50. The van der Waals surface area contributed by atoms with Crippen LogP contribution in [0.3, 0.4) is 0 Å². The number of rotatable bonds is 5. The number of ether oxygens (including phenoxy) is 2. The minimum absolute atomic E-state index is 0.148. The number of nitrogens with two attached hydrogens (primary N) is 1. The van der Waals surface area contributed by atoms with Gasteiger partial charge in [0.1, 0.15) is 5.92 Å². The van der Waals surface area contributed by atoms with E-state index in [1.54, 1.807) is 30.3 Å². The van der Waals surface area contributed by atoms with Crippen LogP contribution in [0.5, 0.6) is 0 Å². The van der Waals surface area contributed by atoms with E-state index in [0.717, 1.165) is 0 Å². The van der Waals surface area contributed by atoms with Crippen LogP contribution in [0.1, 0.15) is 5.56 Å². The molecule has 116 valence electrons. The molecule has 0 aliphatic heterocycles. The fourth-order valence-corrected chi connectivity index (χ4v) is 2.65. The Morgan fingerprint density at radius 1 is 1.18 bits per heavy atom. The molecule has 0 saturated heterocycles. The molecule has 1 aromatic carbocycles. The molecule has 1 unspecified atom stereocenters. The SMILES string of the molecule is COC1(OC)C=CC(c2ccccc2)=C(C(=O)O)C1C(N)=O. The smallest absolute Gasteiger partial charge is 0.333 e. The highest BCUT2D eigenvalue weighted by molar-refractivity contribution is 6.06. The number of carboxylic acids is 1. The molecule has 0 bridgehead atoms. The molecular weight excluding hydrogens is 286 g/mol. The van der Waals surface area contributed by atoms with Crippen molar-refractivity contribution in [3.8, 4) is 0 Å². The molecule has 1 amide bonds. The van der Waals surface area contributed by atoms with Gasteiger partial charge in [-0.2, -0.15) is 0 Å². The van der Waals surface area contributed by atoms with Crippen molar-refractivity contribution in [1.29, 1.82) is 0 Å². The summed E-state index contributed by atoms with van der Waals surface area (Å²) in [5, 5.41) is 9.60. The maximum atomic E-state index is 11.9. The molecule has 0 spiro atoms. The summed E-state index contributed by atoms with van der Waals surface area (Å²) in [5.74, 6) is -4.87. The number of carbonyl (C=O) groups is 2. The molecule has 0 fully saturated rings. The summed E-state index contributed by atoms with van der Waals surface area (Å²) >= 11 is 0. The van der Waals surface area contributed by atoms with E-state index in [1.807, 2.05) is 6.07 Å². The minimum Gasteiger partial charge on any atom is -0.478 e. The number of allylic oxidation sites excluding steroid dienone is 2. The predicted molar refractivity (Wildman–Crippen MR) is 79.6 cm³/mol. The number of benzene rings is 1. The normalized spacial score (nSPS) is 20.0. The van der Waals surface area contributed by atoms with Crippen LogP contribution in [0, 0.1) is 5.92 Å². The van der Waals surface area contributed by atoms with Gasteiger partial charge < -0.3 is 20.3 Å². The van der Waals surface area contributed by atoms with Crippen molar-refractivity contribution in [2.45, 2.75) is 5.79 Å². The highest BCUT2D eigenvalue weighted by Crippen LogP contribution is 2.39. The van der Waals surface area contributed by atoms with Crippen LogP contribution in [0.15, 0.2) is 48.1 Å². The molecule has 1 aliphatic rings. The van der Waals surface area contributed by atoms with Gasteiger partial charge in [0.25, 0.3) is 0 Å². The summed E-state index contributed by atoms with van der Waals surface area (Å²) < 4.78 is 10.5. The lowest BCUT2D eigenvalue weighted by atomic mass is 9.79. The summed E-state index contributed by atoms with van der Waals surface area (Å²) in [7, 11) is 2.66. The summed E-state index contributed by atoms with van der Waals surface area (Å²) in [4.78, 5) is 23.7. The van der Waals surface area contributed by atoms with E-state index < -0.39 is 23.6 Å². The van der Waals surface area contributed by atoms with Crippen LogP contribution in [-0.2, 0) is 19.1 Å². The van der Waals surface area contributed by atoms with Crippen molar-refractivity contribution >= 4 is 17.4 Å². The number of amides is 1. The number of carboxylic acid groups (broad SMARTS) is 1. The van der Waals surface area contributed by atoms with Crippen LogP contribution < -0.4 is 5.73 Å². The third-order valence-corrected chi connectivity index (χ3v) is 3.70. The molecule has 0 saturated carbocycles. The van der Waals surface area contributed by atoms with Gasteiger partial charge in [-0.1, -0.05) is 36.4 Å². The van der Waals surface area contributed by atoms with E-state index in [4.69, 9.17) is 15.2 Å². The zero-order valence-corrected chi connectivity index (χ0v) is 12.3. The van der Waals surface area contributed by atoms with Crippen LogP contribution in [0.2, 0.25) is 0 Å². The molecule has 3 N–H and O–H groups in total. The van der Waals surface area contributed by atoms with E-state index in [1.165, 1.54) is 20.3 Å². The molecule has 0 radical (unpaired) electrons. The Balaban J connectivity index is 2.71. The van der Waals surface area contributed by atoms with Crippen molar-refractivity contribution in [3.63, 3.8) is 0 Å². The number of aliphatic carboxylic acids is 1. The Hall–Kier alpha value is -2.44. The van der Waals surface area contributed by atoms with Gasteiger partial charge in [0.2, 0.25) is 11.7 Å². The monoisotopic (exact) mass is 303 g/mol. The predicted octanol–water partition coefficient (Wildman–Crippen LogP) is 1.19. The highest BCUT2D eigenvalue weighted by atomic mass is 16.7. The average molecular weight is 303 g/mol. The van der Waals surface area contributed by atoms with E-state index >= 15 is 0 Å². The van der Waals surface area contributed by atoms with E-state index in [9.17, 15) is 14.7 Å². The number of hydrogen-bond donors (Lipinski definition) is 2. The first-order valence-corrected chi connectivity index (χ1v) is 6.58. The third-order valence-electron chi connectivity index (χ3n) is 3.70. The van der Waals surface area contributed by atoms with Crippen molar-refractivity contribution in [2.75, 3.05) is 14.2 Å². The maximum Gasteiger partial charge on any atom is 0.333 e. The highest BCUT2D eigenvalue weighted by Gasteiger charge is 2.48. The molecule has 0 aromatic heterocycles.